The topological polar surface area (TPSA) is 31.2 Å². The van der Waals surface area contributed by atoms with Crippen LogP contribution in [0.5, 0.6) is 5.75 Å². The summed E-state index contributed by atoms with van der Waals surface area (Å²) in [5.41, 5.74) is 1.36. The number of carbonyl (C=O) groups excluding carboxylic acids is 1. The number of carbonyl (C=O) groups is 1. The van der Waals surface area contributed by atoms with Gasteiger partial charge in [0.25, 0.3) is 0 Å². The lowest BCUT2D eigenvalue weighted by atomic mass is 10.2. The molecular formula is C13H10F3NO2. The summed E-state index contributed by atoms with van der Waals surface area (Å²) in [5, 5.41) is 0. The Kier molecular flexibility index (Phi) is 3.59. The predicted octanol–water partition coefficient (Wildman–Crippen LogP) is 3.25. The zero-order valence-electron chi connectivity index (χ0n) is 9.72. The Morgan fingerprint density at radius 1 is 1.16 bits per heavy atom. The smallest absolute Gasteiger partial charge is 0.406 e. The zero-order valence-corrected chi connectivity index (χ0v) is 9.72. The fraction of sp³-hybridized carbons (Fsp3) is 0.154. The second-order valence-corrected chi connectivity index (χ2v) is 3.93. The van der Waals surface area contributed by atoms with Crippen LogP contribution in [0.3, 0.4) is 0 Å². The fourth-order valence-electron chi connectivity index (χ4n) is 1.63. The fourth-order valence-corrected chi connectivity index (χ4v) is 1.63. The first-order valence-electron chi connectivity index (χ1n) is 5.42. The molecule has 2 aromatic rings. The first-order chi connectivity index (χ1) is 8.96. The Morgan fingerprint density at radius 3 is 2.37 bits per heavy atom. The number of ether oxygens (including phenoxy) is 1. The number of halogens is 3. The summed E-state index contributed by atoms with van der Waals surface area (Å²) >= 11 is 0. The number of alkyl halides is 3. The molecule has 1 aromatic heterocycles. The molecule has 100 valence electrons. The van der Waals surface area contributed by atoms with Crippen molar-refractivity contribution in [1.29, 1.82) is 0 Å². The molecule has 1 aromatic carbocycles. The monoisotopic (exact) mass is 269 g/mol. The normalized spacial score (nSPS) is 11.3. The SMILES string of the molecule is O=Cc1ccn(Cc2ccc(OC(F)(F)F)cc2)c1. The van der Waals surface area contributed by atoms with E-state index in [2.05, 4.69) is 4.74 Å². The van der Waals surface area contributed by atoms with Crippen LogP contribution in [0, 0.1) is 0 Å². The van der Waals surface area contributed by atoms with Crippen LogP contribution >= 0.6 is 0 Å². The molecule has 6 heteroatoms. The van der Waals surface area contributed by atoms with Crippen molar-refractivity contribution in [2.75, 3.05) is 0 Å². The second-order valence-electron chi connectivity index (χ2n) is 3.93. The van der Waals surface area contributed by atoms with Gasteiger partial charge in [0.05, 0.1) is 0 Å². The maximum absolute atomic E-state index is 12.0. The van der Waals surface area contributed by atoms with Crippen molar-refractivity contribution in [1.82, 2.24) is 4.57 Å². The molecule has 0 bridgehead atoms. The van der Waals surface area contributed by atoms with E-state index in [1.165, 1.54) is 12.1 Å². The van der Waals surface area contributed by atoms with Gasteiger partial charge < -0.3 is 9.30 Å². The van der Waals surface area contributed by atoms with Crippen molar-refractivity contribution >= 4 is 6.29 Å². The van der Waals surface area contributed by atoms with Crippen LogP contribution < -0.4 is 4.74 Å². The molecule has 0 radical (unpaired) electrons. The van der Waals surface area contributed by atoms with Crippen molar-refractivity contribution in [3.05, 3.63) is 53.9 Å². The highest BCUT2D eigenvalue weighted by atomic mass is 19.4. The molecule has 0 fully saturated rings. The number of aldehydes is 1. The Labute approximate surface area is 107 Å². The molecule has 0 spiro atoms. The Bertz CT molecular complexity index is 558. The van der Waals surface area contributed by atoms with Crippen molar-refractivity contribution in [2.45, 2.75) is 12.9 Å². The zero-order chi connectivity index (χ0) is 13.9. The van der Waals surface area contributed by atoms with Gasteiger partial charge in [0, 0.05) is 24.5 Å². The standard InChI is InChI=1S/C13H10F3NO2/c14-13(15,16)19-12-3-1-10(2-4-12)7-17-6-5-11(8-17)9-18/h1-6,8-9H,7H2. The van der Waals surface area contributed by atoms with Crippen LogP contribution in [-0.4, -0.2) is 17.2 Å². The summed E-state index contributed by atoms with van der Waals surface area (Å²) in [6, 6.07) is 7.26. The quantitative estimate of drug-likeness (QED) is 0.798. The second kappa shape index (κ2) is 5.17. The summed E-state index contributed by atoms with van der Waals surface area (Å²) in [6.07, 6.45) is -0.561. The highest BCUT2D eigenvalue weighted by Crippen LogP contribution is 2.22. The minimum atomic E-state index is -4.68. The summed E-state index contributed by atoms with van der Waals surface area (Å²) < 4.78 is 41.5. The first kappa shape index (κ1) is 13.2. The third kappa shape index (κ3) is 3.87. The molecule has 3 nitrogen and oxygen atoms in total. The van der Waals surface area contributed by atoms with E-state index in [0.29, 0.717) is 12.1 Å². The van der Waals surface area contributed by atoms with Crippen molar-refractivity contribution in [2.24, 2.45) is 0 Å². The van der Waals surface area contributed by atoms with E-state index in [1.54, 1.807) is 35.2 Å². The number of benzene rings is 1. The van der Waals surface area contributed by atoms with Crippen molar-refractivity contribution < 1.29 is 22.7 Å². The van der Waals surface area contributed by atoms with Crippen molar-refractivity contribution in [3.8, 4) is 5.75 Å². The average molecular weight is 269 g/mol. The summed E-state index contributed by atoms with van der Waals surface area (Å²) in [7, 11) is 0. The third-order valence-electron chi connectivity index (χ3n) is 2.43. The maximum Gasteiger partial charge on any atom is 0.573 e. The number of aromatic nitrogens is 1. The van der Waals surface area contributed by atoms with Gasteiger partial charge in [-0.3, -0.25) is 4.79 Å². The van der Waals surface area contributed by atoms with Gasteiger partial charge in [-0.05, 0) is 23.8 Å². The Hall–Kier alpha value is -2.24. The largest absolute Gasteiger partial charge is 0.573 e. The third-order valence-corrected chi connectivity index (χ3v) is 2.43. The van der Waals surface area contributed by atoms with E-state index in [4.69, 9.17) is 0 Å². The van der Waals surface area contributed by atoms with Crippen LogP contribution in [0.1, 0.15) is 15.9 Å². The van der Waals surface area contributed by atoms with E-state index < -0.39 is 6.36 Å². The van der Waals surface area contributed by atoms with E-state index in [-0.39, 0.29) is 5.75 Å². The van der Waals surface area contributed by atoms with Crippen LogP contribution in [-0.2, 0) is 6.54 Å². The Morgan fingerprint density at radius 2 is 1.84 bits per heavy atom. The summed E-state index contributed by atoms with van der Waals surface area (Å²) in [4.78, 5) is 10.5. The summed E-state index contributed by atoms with van der Waals surface area (Å²) in [5.74, 6) is -0.252. The molecular weight excluding hydrogens is 259 g/mol. The molecule has 0 aliphatic heterocycles. The highest BCUT2D eigenvalue weighted by Gasteiger charge is 2.30. The van der Waals surface area contributed by atoms with E-state index >= 15 is 0 Å². The van der Waals surface area contributed by atoms with Crippen LogP contribution in [0.15, 0.2) is 42.7 Å². The van der Waals surface area contributed by atoms with Crippen LogP contribution in [0.4, 0.5) is 13.2 Å². The maximum atomic E-state index is 12.0. The van der Waals surface area contributed by atoms with Crippen molar-refractivity contribution in [3.63, 3.8) is 0 Å². The van der Waals surface area contributed by atoms with Gasteiger partial charge in [-0.25, -0.2) is 0 Å². The van der Waals surface area contributed by atoms with Gasteiger partial charge in [0.2, 0.25) is 0 Å². The van der Waals surface area contributed by atoms with Gasteiger partial charge in [0.15, 0.2) is 6.29 Å². The minimum Gasteiger partial charge on any atom is -0.406 e. The average Bonchev–Trinajstić information content (AvgIpc) is 2.77. The molecule has 0 amide bonds. The number of rotatable bonds is 4. The van der Waals surface area contributed by atoms with Gasteiger partial charge in [0.1, 0.15) is 5.75 Å². The number of hydrogen-bond acceptors (Lipinski definition) is 2. The molecule has 0 aliphatic carbocycles. The van der Waals surface area contributed by atoms with E-state index in [1.807, 2.05) is 0 Å². The van der Waals surface area contributed by atoms with Crippen LogP contribution in [0.2, 0.25) is 0 Å². The van der Waals surface area contributed by atoms with E-state index in [0.717, 1.165) is 11.8 Å². The lowest BCUT2D eigenvalue weighted by Gasteiger charge is -2.09. The van der Waals surface area contributed by atoms with Gasteiger partial charge in [-0.15, -0.1) is 13.2 Å². The van der Waals surface area contributed by atoms with E-state index in [9.17, 15) is 18.0 Å². The van der Waals surface area contributed by atoms with Gasteiger partial charge in [-0.2, -0.15) is 0 Å². The molecule has 0 atom stereocenters. The number of hydrogen-bond donors (Lipinski definition) is 0. The minimum absolute atomic E-state index is 0.252. The molecule has 19 heavy (non-hydrogen) atoms. The molecule has 0 saturated heterocycles. The van der Waals surface area contributed by atoms with Gasteiger partial charge >= 0.3 is 6.36 Å². The molecule has 0 saturated carbocycles. The lowest BCUT2D eigenvalue weighted by molar-refractivity contribution is -0.274. The molecule has 2 rings (SSSR count). The lowest BCUT2D eigenvalue weighted by Crippen LogP contribution is -2.17. The molecule has 1 heterocycles. The summed E-state index contributed by atoms with van der Waals surface area (Å²) in [6.45, 7) is 0.472. The highest BCUT2D eigenvalue weighted by molar-refractivity contribution is 5.74. The first-order valence-corrected chi connectivity index (χ1v) is 5.42. The molecule has 0 aliphatic rings. The number of nitrogens with zero attached hydrogens (tertiary/aromatic N) is 1. The Balaban J connectivity index is 2.04. The van der Waals surface area contributed by atoms with Gasteiger partial charge in [-0.1, -0.05) is 12.1 Å². The molecule has 0 N–H and O–H groups in total. The predicted molar refractivity (Wildman–Crippen MR) is 62.0 cm³/mol. The molecule has 0 unspecified atom stereocenters. The van der Waals surface area contributed by atoms with Crippen LogP contribution in [0.25, 0.3) is 0 Å².